The van der Waals surface area contributed by atoms with E-state index in [1.807, 2.05) is 24.3 Å². The van der Waals surface area contributed by atoms with Crippen LogP contribution in [0.25, 0.3) is 10.2 Å². The van der Waals surface area contributed by atoms with Crippen molar-refractivity contribution in [2.45, 2.75) is 13.0 Å². The number of halogens is 2. The summed E-state index contributed by atoms with van der Waals surface area (Å²) in [6.07, 6.45) is 0.136. The van der Waals surface area contributed by atoms with E-state index in [2.05, 4.69) is 20.8 Å². The molecule has 0 fully saturated rings. The van der Waals surface area contributed by atoms with Gasteiger partial charge in [0.1, 0.15) is 10.6 Å². The number of hydrogen-bond donors (Lipinski definition) is 3. The molecule has 3 N–H and O–H groups in total. The molecule has 30 heavy (non-hydrogen) atoms. The lowest BCUT2D eigenvalue weighted by atomic mass is 10.1. The van der Waals surface area contributed by atoms with E-state index in [0.717, 1.165) is 11.1 Å². The van der Waals surface area contributed by atoms with Crippen molar-refractivity contribution in [2.24, 2.45) is 0 Å². The molecule has 4 rings (SSSR count). The van der Waals surface area contributed by atoms with E-state index in [9.17, 15) is 9.59 Å². The Morgan fingerprint density at radius 2 is 1.90 bits per heavy atom. The summed E-state index contributed by atoms with van der Waals surface area (Å²) in [6.45, 7) is 0.364. The Bertz CT molecular complexity index is 1230. The largest absolute Gasteiger partial charge is 0.347 e. The Kier molecular flexibility index (Phi) is 6.03. The molecule has 2 amide bonds. The lowest BCUT2D eigenvalue weighted by Gasteiger charge is -2.05. The van der Waals surface area contributed by atoms with Crippen molar-refractivity contribution in [3.8, 4) is 0 Å². The Labute approximate surface area is 186 Å². The van der Waals surface area contributed by atoms with Crippen molar-refractivity contribution in [2.75, 3.05) is 5.32 Å². The summed E-state index contributed by atoms with van der Waals surface area (Å²) in [4.78, 5) is 26.0. The quantitative estimate of drug-likeness (QED) is 0.378. The number of carbonyl (C=O) groups excluding carboxylic acids is 2. The molecule has 2 heterocycles. The minimum atomic E-state index is -0.230. The molecule has 2 aromatic heterocycles. The van der Waals surface area contributed by atoms with Gasteiger partial charge < -0.3 is 10.6 Å². The van der Waals surface area contributed by atoms with Crippen molar-refractivity contribution in [3.63, 3.8) is 0 Å². The summed E-state index contributed by atoms with van der Waals surface area (Å²) in [6, 6.07) is 16.2. The van der Waals surface area contributed by atoms with E-state index >= 15 is 0 Å². The zero-order chi connectivity index (χ0) is 21.1. The van der Waals surface area contributed by atoms with Gasteiger partial charge in [0.25, 0.3) is 5.91 Å². The van der Waals surface area contributed by atoms with Crippen LogP contribution < -0.4 is 10.6 Å². The molecule has 0 atom stereocenters. The SMILES string of the molecule is O=C(Cc1ccccc1Cl)Nc1[nH]nc2sc(C(=O)NCc3cccc(Cl)c3)cc12. The number of nitrogens with zero attached hydrogens (tertiary/aromatic N) is 1. The number of amides is 2. The number of aromatic amines is 1. The number of H-pyrrole nitrogens is 1. The topological polar surface area (TPSA) is 86.9 Å². The third kappa shape index (κ3) is 4.64. The summed E-state index contributed by atoms with van der Waals surface area (Å²) in [5.41, 5.74) is 1.64. The second-order valence-electron chi connectivity index (χ2n) is 6.56. The van der Waals surface area contributed by atoms with Crippen LogP contribution in [0.15, 0.2) is 54.6 Å². The first-order valence-electron chi connectivity index (χ1n) is 9.03. The lowest BCUT2D eigenvalue weighted by molar-refractivity contribution is -0.115. The summed E-state index contributed by atoms with van der Waals surface area (Å²) in [7, 11) is 0. The second kappa shape index (κ2) is 8.87. The Morgan fingerprint density at radius 1 is 1.07 bits per heavy atom. The molecule has 6 nitrogen and oxygen atoms in total. The van der Waals surface area contributed by atoms with Gasteiger partial charge in [-0.15, -0.1) is 11.3 Å². The molecular formula is C21H16Cl2N4O2S. The minimum absolute atomic E-state index is 0.136. The van der Waals surface area contributed by atoms with E-state index in [0.29, 0.717) is 37.5 Å². The Hall–Kier alpha value is -2.87. The van der Waals surface area contributed by atoms with Crippen molar-refractivity contribution < 1.29 is 9.59 Å². The monoisotopic (exact) mass is 458 g/mol. The maximum Gasteiger partial charge on any atom is 0.261 e. The van der Waals surface area contributed by atoms with Gasteiger partial charge >= 0.3 is 0 Å². The highest BCUT2D eigenvalue weighted by Crippen LogP contribution is 2.29. The number of fused-ring (bicyclic) bond motifs is 1. The molecule has 4 aromatic rings. The van der Waals surface area contributed by atoms with Gasteiger partial charge in [-0.1, -0.05) is 53.5 Å². The van der Waals surface area contributed by atoms with Crippen molar-refractivity contribution in [3.05, 3.63) is 80.6 Å². The molecule has 0 radical (unpaired) electrons. The van der Waals surface area contributed by atoms with E-state index < -0.39 is 0 Å². The number of thiophene rings is 1. The molecular weight excluding hydrogens is 443 g/mol. The van der Waals surface area contributed by atoms with Crippen molar-refractivity contribution >= 4 is 62.4 Å². The average molecular weight is 459 g/mol. The number of hydrogen-bond acceptors (Lipinski definition) is 4. The van der Waals surface area contributed by atoms with Crippen molar-refractivity contribution in [1.82, 2.24) is 15.5 Å². The Balaban J connectivity index is 1.43. The fourth-order valence-electron chi connectivity index (χ4n) is 2.93. The Morgan fingerprint density at radius 3 is 2.70 bits per heavy atom. The van der Waals surface area contributed by atoms with Gasteiger partial charge in [0, 0.05) is 16.6 Å². The highest BCUT2D eigenvalue weighted by atomic mass is 35.5. The standard InChI is InChI=1S/C21H16Cl2N4O2S/c22-14-6-3-4-12(8-14)11-24-20(29)17-10-15-19(26-27-21(15)30-17)25-18(28)9-13-5-1-2-7-16(13)23/h1-8,10H,9,11H2,(H,24,29)(H2,25,26,27,28). The number of nitrogens with one attached hydrogen (secondary N) is 3. The van der Waals surface area contributed by atoms with Crippen LogP contribution in [0.5, 0.6) is 0 Å². The third-order valence-electron chi connectivity index (χ3n) is 4.39. The number of rotatable bonds is 6. The van der Waals surface area contributed by atoms with Crippen molar-refractivity contribution in [1.29, 1.82) is 0 Å². The summed E-state index contributed by atoms with van der Waals surface area (Å²) < 4.78 is 0. The van der Waals surface area contributed by atoms with Crippen LogP contribution in [0.4, 0.5) is 5.82 Å². The van der Waals surface area contributed by atoms with Gasteiger partial charge in [-0.3, -0.25) is 14.7 Å². The molecule has 0 spiro atoms. The maximum atomic E-state index is 12.5. The maximum absolute atomic E-state index is 12.5. The number of aromatic nitrogens is 2. The van der Waals surface area contributed by atoms with E-state index in [1.165, 1.54) is 11.3 Å². The van der Waals surface area contributed by atoms with Crippen LogP contribution in [-0.4, -0.2) is 22.0 Å². The van der Waals surface area contributed by atoms with Gasteiger partial charge in [0.15, 0.2) is 0 Å². The van der Waals surface area contributed by atoms with Crippen LogP contribution in [0.2, 0.25) is 10.0 Å². The van der Waals surface area contributed by atoms with Gasteiger partial charge in [-0.05, 0) is 35.4 Å². The first-order valence-corrected chi connectivity index (χ1v) is 10.6. The minimum Gasteiger partial charge on any atom is -0.347 e. The molecule has 0 aliphatic carbocycles. The fourth-order valence-corrected chi connectivity index (χ4v) is 4.26. The van der Waals surface area contributed by atoms with Gasteiger partial charge in [0.05, 0.1) is 16.7 Å². The predicted molar refractivity (Wildman–Crippen MR) is 120 cm³/mol. The van der Waals surface area contributed by atoms with Gasteiger partial charge in [-0.25, -0.2) is 0 Å². The first kappa shape index (κ1) is 20.4. The number of anilines is 1. The van der Waals surface area contributed by atoms with Crippen LogP contribution in [0.1, 0.15) is 20.8 Å². The number of carbonyl (C=O) groups is 2. The molecule has 2 aromatic carbocycles. The van der Waals surface area contributed by atoms with E-state index in [4.69, 9.17) is 23.2 Å². The fraction of sp³-hybridized carbons (Fsp3) is 0.0952. The van der Waals surface area contributed by atoms with Crippen LogP contribution >= 0.6 is 34.5 Å². The molecule has 0 aliphatic heterocycles. The summed E-state index contributed by atoms with van der Waals surface area (Å²) in [5.74, 6) is 0.00493. The van der Waals surface area contributed by atoms with Crippen LogP contribution in [-0.2, 0) is 17.8 Å². The summed E-state index contributed by atoms with van der Waals surface area (Å²) >= 11 is 13.3. The third-order valence-corrected chi connectivity index (χ3v) is 6.02. The van der Waals surface area contributed by atoms with Crippen LogP contribution in [0, 0.1) is 0 Å². The summed E-state index contributed by atoms with van der Waals surface area (Å²) in [5, 5.41) is 14.5. The lowest BCUT2D eigenvalue weighted by Crippen LogP contribution is -2.21. The predicted octanol–water partition coefficient (Wildman–Crippen LogP) is 5.04. The highest BCUT2D eigenvalue weighted by molar-refractivity contribution is 7.20. The second-order valence-corrected chi connectivity index (χ2v) is 8.43. The molecule has 0 aliphatic rings. The van der Waals surface area contributed by atoms with E-state index in [-0.39, 0.29) is 18.2 Å². The molecule has 152 valence electrons. The highest BCUT2D eigenvalue weighted by Gasteiger charge is 2.17. The zero-order valence-corrected chi connectivity index (χ0v) is 17.9. The molecule has 0 bridgehead atoms. The van der Waals surface area contributed by atoms with Gasteiger partial charge in [0.2, 0.25) is 5.91 Å². The van der Waals surface area contributed by atoms with Gasteiger partial charge in [-0.2, -0.15) is 5.10 Å². The normalized spacial score (nSPS) is 10.9. The number of benzene rings is 2. The first-order chi connectivity index (χ1) is 14.5. The van der Waals surface area contributed by atoms with E-state index in [1.54, 1.807) is 30.3 Å². The van der Waals surface area contributed by atoms with Crippen LogP contribution in [0.3, 0.4) is 0 Å². The average Bonchev–Trinajstić information content (AvgIpc) is 3.30. The zero-order valence-electron chi connectivity index (χ0n) is 15.5. The molecule has 0 unspecified atom stereocenters. The molecule has 0 saturated carbocycles. The smallest absolute Gasteiger partial charge is 0.261 e. The molecule has 0 saturated heterocycles. The molecule has 9 heteroatoms.